The molecule has 0 spiro atoms. The number of nitrogens with one attached hydrogen (secondary N) is 1. The van der Waals surface area contributed by atoms with E-state index in [1.807, 2.05) is 17.5 Å². The largest absolute Gasteiger partial charge is 0.484 e. The predicted molar refractivity (Wildman–Crippen MR) is 97.6 cm³/mol. The van der Waals surface area contributed by atoms with Gasteiger partial charge < -0.3 is 10.1 Å². The van der Waals surface area contributed by atoms with Crippen LogP contribution < -0.4 is 10.1 Å². The van der Waals surface area contributed by atoms with Crippen molar-refractivity contribution >= 4 is 17.2 Å². The monoisotopic (exact) mass is 409 g/mol. The number of alkyl halides is 3. The van der Waals surface area contributed by atoms with Crippen LogP contribution in [-0.4, -0.2) is 12.5 Å². The minimum absolute atomic E-state index is 0.151. The molecule has 1 heterocycles. The van der Waals surface area contributed by atoms with E-state index in [-0.39, 0.29) is 18.2 Å². The Morgan fingerprint density at radius 1 is 1.04 bits per heavy atom. The zero-order valence-corrected chi connectivity index (χ0v) is 15.2. The van der Waals surface area contributed by atoms with Crippen LogP contribution in [0.2, 0.25) is 0 Å². The lowest BCUT2D eigenvalue weighted by Crippen LogP contribution is -2.32. The van der Waals surface area contributed by atoms with Crippen molar-refractivity contribution in [3.63, 3.8) is 0 Å². The molecule has 0 saturated heterocycles. The fourth-order valence-corrected chi connectivity index (χ4v) is 3.32. The minimum Gasteiger partial charge on any atom is -0.484 e. The summed E-state index contributed by atoms with van der Waals surface area (Å²) >= 11 is 1.43. The normalized spacial score (nSPS) is 12.4. The van der Waals surface area contributed by atoms with E-state index in [4.69, 9.17) is 4.74 Å². The van der Waals surface area contributed by atoms with Gasteiger partial charge in [-0.05, 0) is 53.4 Å². The summed E-state index contributed by atoms with van der Waals surface area (Å²) in [6, 6.07) is 13.1. The van der Waals surface area contributed by atoms with Crippen LogP contribution >= 0.6 is 11.3 Å². The number of benzene rings is 2. The molecule has 0 aliphatic carbocycles. The summed E-state index contributed by atoms with van der Waals surface area (Å²) in [5.74, 6) is -0.689. The summed E-state index contributed by atoms with van der Waals surface area (Å²) in [6.45, 7) is -0.367. The van der Waals surface area contributed by atoms with E-state index in [1.165, 1.54) is 23.5 Å². The van der Waals surface area contributed by atoms with Crippen molar-refractivity contribution in [3.05, 3.63) is 87.9 Å². The van der Waals surface area contributed by atoms with Crippen molar-refractivity contribution in [2.45, 2.75) is 12.2 Å². The molecule has 3 aromatic rings. The van der Waals surface area contributed by atoms with Gasteiger partial charge in [0.25, 0.3) is 5.91 Å². The summed E-state index contributed by atoms with van der Waals surface area (Å²) in [4.78, 5) is 13.2. The van der Waals surface area contributed by atoms with Gasteiger partial charge in [0.15, 0.2) is 6.61 Å². The highest BCUT2D eigenvalue weighted by atomic mass is 32.1. The number of amides is 1. The van der Waals surface area contributed by atoms with Crippen molar-refractivity contribution in [3.8, 4) is 5.75 Å². The molecule has 1 atom stereocenters. The Hall–Kier alpha value is -2.87. The van der Waals surface area contributed by atoms with Crippen molar-refractivity contribution < 1.29 is 27.1 Å². The maximum absolute atomic E-state index is 13.2. The molecular formula is C20H15F4NO2S. The smallest absolute Gasteiger partial charge is 0.416 e. The molecule has 0 bridgehead atoms. The lowest BCUT2D eigenvalue weighted by atomic mass is 10.1. The molecule has 0 fully saturated rings. The van der Waals surface area contributed by atoms with Crippen molar-refractivity contribution in [2.75, 3.05) is 6.61 Å². The molecule has 1 aromatic heterocycles. The Morgan fingerprint density at radius 2 is 1.71 bits per heavy atom. The summed E-state index contributed by atoms with van der Waals surface area (Å²) in [6.07, 6.45) is -4.43. The number of rotatable bonds is 6. The number of carbonyl (C=O) groups is 1. The van der Waals surface area contributed by atoms with Crippen LogP contribution in [0, 0.1) is 5.82 Å². The number of hydrogen-bond acceptors (Lipinski definition) is 3. The zero-order chi connectivity index (χ0) is 20.1. The first kappa shape index (κ1) is 19.9. The van der Waals surface area contributed by atoms with Gasteiger partial charge in [-0.15, -0.1) is 11.3 Å². The van der Waals surface area contributed by atoms with Gasteiger partial charge in [-0.2, -0.15) is 13.2 Å². The Kier molecular flexibility index (Phi) is 5.99. The first-order valence-corrected chi connectivity index (χ1v) is 9.09. The molecular weight excluding hydrogens is 394 g/mol. The fourth-order valence-electron chi connectivity index (χ4n) is 2.52. The van der Waals surface area contributed by atoms with Crippen LogP contribution in [0.1, 0.15) is 22.0 Å². The van der Waals surface area contributed by atoms with E-state index in [1.54, 1.807) is 12.1 Å². The average Bonchev–Trinajstić information content (AvgIpc) is 3.19. The second-order valence-corrected chi connectivity index (χ2v) is 6.86. The molecule has 146 valence electrons. The van der Waals surface area contributed by atoms with Gasteiger partial charge in [0.1, 0.15) is 11.6 Å². The highest BCUT2D eigenvalue weighted by molar-refractivity contribution is 7.10. The van der Waals surface area contributed by atoms with Gasteiger partial charge in [-0.25, -0.2) is 4.39 Å². The highest BCUT2D eigenvalue weighted by Gasteiger charge is 2.30. The molecule has 0 aliphatic heterocycles. The van der Waals surface area contributed by atoms with Gasteiger partial charge in [-0.3, -0.25) is 4.79 Å². The third-order valence-corrected chi connectivity index (χ3v) is 4.83. The van der Waals surface area contributed by atoms with E-state index >= 15 is 0 Å². The van der Waals surface area contributed by atoms with E-state index in [0.717, 1.165) is 29.1 Å². The van der Waals surface area contributed by atoms with Crippen LogP contribution in [-0.2, 0) is 11.0 Å². The van der Waals surface area contributed by atoms with Gasteiger partial charge >= 0.3 is 6.18 Å². The van der Waals surface area contributed by atoms with Crippen LogP contribution in [0.5, 0.6) is 5.75 Å². The second-order valence-electron chi connectivity index (χ2n) is 5.88. The SMILES string of the molecule is O=C(COc1ccc(C(F)(F)F)cc1)N[C@H](c1ccc(F)cc1)c1cccs1. The molecule has 3 rings (SSSR count). The Bertz CT molecular complexity index is 907. The van der Waals surface area contributed by atoms with E-state index < -0.39 is 23.7 Å². The van der Waals surface area contributed by atoms with Crippen LogP contribution in [0.3, 0.4) is 0 Å². The molecule has 8 heteroatoms. The third kappa shape index (κ3) is 5.10. The van der Waals surface area contributed by atoms with Gasteiger partial charge in [0.05, 0.1) is 11.6 Å². The average molecular weight is 409 g/mol. The molecule has 0 radical (unpaired) electrons. The lowest BCUT2D eigenvalue weighted by Gasteiger charge is -2.18. The fraction of sp³-hybridized carbons (Fsp3) is 0.150. The standard InChI is InChI=1S/C20H15F4NO2S/c21-15-7-3-13(4-8-15)19(17-2-1-11-28-17)25-18(26)12-27-16-9-5-14(6-10-16)20(22,23)24/h1-11,19H,12H2,(H,25,26)/t19-/m1/s1. The maximum atomic E-state index is 13.2. The van der Waals surface area contributed by atoms with Crippen molar-refractivity contribution in [1.29, 1.82) is 0 Å². The predicted octanol–water partition coefficient (Wildman–Crippen LogP) is 5.19. The topological polar surface area (TPSA) is 38.3 Å². The summed E-state index contributed by atoms with van der Waals surface area (Å²) in [5.41, 5.74) is -0.0925. The minimum atomic E-state index is -4.43. The lowest BCUT2D eigenvalue weighted by molar-refractivity contribution is -0.137. The number of ether oxygens (including phenoxy) is 1. The Balaban J connectivity index is 1.65. The van der Waals surface area contributed by atoms with E-state index in [2.05, 4.69) is 5.32 Å². The summed E-state index contributed by atoms with van der Waals surface area (Å²) in [5, 5.41) is 4.66. The molecule has 0 saturated carbocycles. The summed E-state index contributed by atoms with van der Waals surface area (Å²) < 4.78 is 56.2. The number of hydrogen-bond donors (Lipinski definition) is 1. The van der Waals surface area contributed by atoms with Gasteiger partial charge in [0, 0.05) is 4.88 Å². The molecule has 0 aliphatic rings. The molecule has 0 unspecified atom stereocenters. The second kappa shape index (κ2) is 8.43. The maximum Gasteiger partial charge on any atom is 0.416 e. The van der Waals surface area contributed by atoms with Crippen LogP contribution in [0.15, 0.2) is 66.0 Å². The molecule has 1 amide bonds. The highest BCUT2D eigenvalue weighted by Crippen LogP contribution is 2.30. The Labute approximate surface area is 162 Å². The first-order valence-electron chi connectivity index (χ1n) is 8.21. The van der Waals surface area contributed by atoms with Crippen molar-refractivity contribution in [1.82, 2.24) is 5.32 Å². The molecule has 1 N–H and O–H groups in total. The molecule has 28 heavy (non-hydrogen) atoms. The number of halogens is 4. The first-order chi connectivity index (χ1) is 13.3. The van der Waals surface area contributed by atoms with Crippen LogP contribution in [0.4, 0.5) is 17.6 Å². The van der Waals surface area contributed by atoms with Crippen molar-refractivity contribution in [2.24, 2.45) is 0 Å². The number of carbonyl (C=O) groups excluding carboxylic acids is 1. The van der Waals surface area contributed by atoms with Gasteiger partial charge in [0.2, 0.25) is 0 Å². The number of thiophene rings is 1. The molecule has 3 nitrogen and oxygen atoms in total. The Morgan fingerprint density at radius 3 is 2.29 bits per heavy atom. The van der Waals surface area contributed by atoms with E-state index in [9.17, 15) is 22.4 Å². The zero-order valence-electron chi connectivity index (χ0n) is 14.4. The quantitative estimate of drug-likeness (QED) is 0.569. The van der Waals surface area contributed by atoms with E-state index in [0.29, 0.717) is 5.56 Å². The van der Waals surface area contributed by atoms with Crippen LogP contribution in [0.25, 0.3) is 0 Å². The summed E-state index contributed by atoms with van der Waals surface area (Å²) in [7, 11) is 0. The molecule has 2 aromatic carbocycles. The third-order valence-electron chi connectivity index (χ3n) is 3.89. The van der Waals surface area contributed by atoms with Gasteiger partial charge in [-0.1, -0.05) is 18.2 Å².